The van der Waals surface area contributed by atoms with E-state index in [0.29, 0.717) is 12.5 Å². The predicted octanol–water partition coefficient (Wildman–Crippen LogP) is 2.39. The molecule has 0 saturated carbocycles. The summed E-state index contributed by atoms with van der Waals surface area (Å²) in [5.41, 5.74) is 0. The smallest absolute Gasteiger partial charge is 0.331 e. The summed E-state index contributed by atoms with van der Waals surface area (Å²) >= 11 is 0. The van der Waals surface area contributed by atoms with Gasteiger partial charge in [-0.3, -0.25) is 0 Å². The number of carbonyl (C=O) groups excluding carboxylic acids is 1. The van der Waals surface area contributed by atoms with Crippen LogP contribution < -0.4 is 0 Å². The van der Waals surface area contributed by atoms with Crippen LogP contribution in [0.1, 0.15) is 39.5 Å². The molecule has 1 N–H and O–H groups in total. The van der Waals surface area contributed by atoms with E-state index in [1.807, 2.05) is 0 Å². The van der Waals surface area contributed by atoms with Crippen molar-refractivity contribution in [1.82, 2.24) is 0 Å². The Morgan fingerprint density at radius 3 is 2.44 bits per heavy atom. The lowest BCUT2D eigenvalue weighted by Crippen LogP contribution is -2.03. The third-order valence-electron chi connectivity index (χ3n) is 2.03. The summed E-state index contributed by atoms with van der Waals surface area (Å²) in [6, 6.07) is 0. The molecule has 0 aromatic rings. The number of carboxylic acid groups (broad SMARTS) is 1. The van der Waals surface area contributed by atoms with Crippen LogP contribution in [0.15, 0.2) is 12.2 Å². The second-order valence-electron chi connectivity index (χ2n) is 4.08. The van der Waals surface area contributed by atoms with Gasteiger partial charge in [0.1, 0.15) is 0 Å². The second kappa shape index (κ2) is 8.95. The molecule has 0 atom stereocenters. The van der Waals surface area contributed by atoms with Gasteiger partial charge in [-0.15, -0.1) is 0 Å². The summed E-state index contributed by atoms with van der Waals surface area (Å²) < 4.78 is 4.81. The first-order chi connectivity index (χ1) is 7.52. The average molecular weight is 228 g/mol. The molecule has 4 heteroatoms. The monoisotopic (exact) mass is 228 g/mol. The molecular formula is C12H20O4. The lowest BCUT2D eigenvalue weighted by atomic mass is 10.1. The Morgan fingerprint density at radius 1 is 1.19 bits per heavy atom. The minimum absolute atomic E-state index is 0.362. The van der Waals surface area contributed by atoms with Crippen LogP contribution in [0.5, 0.6) is 0 Å². The molecule has 0 unspecified atom stereocenters. The zero-order chi connectivity index (χ0) is 12.4. The van der Waals surface area contributed by atoms with E-state index < -0.39 is 11.9 Å². The zero-order valence-corrected chi connectivity index (χ0v) is 9.94. The maximum atomic E-state index is 10.9. The lowest BCUT2D eigenvalue weighted by Gasteiger charge is -2.04. The Kier molecular flexibility index (Phi) is 8.21. The molecule has 0 rings (SSSR count). The largest absolute Gasteiger partial charge is 0.478 e. The molecule has 0 bridgehead atoms. The highest BCUT2D eigenvalue weighted by molar-refractivity contribution is 5.90. The fourth-order valence-electron chi connectivity index (χ4n) is 1.19. The summed E-state index contributed by atoms with van der Waals surface area (Å²) in [7, 11) is 0. The van der Waals surface area contributed by atoms with Gasteiger partial charge in [0.15, 0.2) is 0 Å². The van der Waals surface area contributed by atoms with Crippen LogP contribution in [-0.4, -0.2) is 23.7 Å². The highest BCUT2D eigenvalue weighted by Crippen LogP contribution is 2.07. The third kappa shape index (κ3) is 10.8. The molecular weight excluding hydrogens is 208 g/mol. The van der Waals surface area contributed by atoms with E-state index in [2.05, 4.69) is 13.8 Å². The lowest BCUT2D eigenvalue weighted by molar-refractivity contribution is -0.138. The van der Waals surface area contributed by atoms with Gasteiger partial charge in [-0.05, 0) is 12.3 Å². The van der Waals surface area contributed by atoms with Gasteiger partial charge in [0, 0.05) is 12.2 Å². The van der Waals surface area contributed by atoms with Gasteiger partial charge in [-0.25, -0.2) is 9.59 Å². The van der Waals surface area contributed by atoms with E-state index in [4.69, 9.17) is 9.84 Å². The molecule has 0 aliphatic carbocycles. The zero-order valence-electron chi connectivity index (χ0n) is 9.94. The van der Waals surface area contributed by atoms with Crippen LogP contribution in [0.2, 0.25) is 0 Å². The van der Waals surface area contributed by atoms with Crippen molar-refractivity contribution in [2.45, 2.75) is 39.5 Å². The van der Waals surface area contributed by atoms with Crippen LogP contribution >= 0.6 is 0 Å². The Bertz CT molecular complexity index is 243. The summed E-state index contributed by atoms with van der Waals surface area (Å²) in [4.78, 5) is 21.0. The van der Waals surface area contributed by atoms with Gasteiger partial charge >= 0.3 is 11.9 Å². The van der Waals surface area contributed by atoms with E-state index >= 15 is 0 Å². The van der Waals surface area contributed by atoms with Crippen LogP contribution in [0, 0.1) is 5.92 Å². The molecule has 0 aromatic heterocycles. The summed E-state index contributed by atoms with van der Waals surface area (Å²) in [6.45, 7) is 4.72. The standard InChI is InChI=1S/C12H20O4/c1-10(2)6-4-3-5-9-16-12(15)8-7-11(13)14/h7-8,10H,3-6,9H2,1-2H3,(H,13,14)/b8-7+. The van der Waals surface area contributed by atoms with E-state index in [1.165, 1.54) is 6.42 Å². The van der Waals surface area contributed by atoms with E-state index in [9.17, 15) is 9.59 Å². The summed E-state index contributed by atoms with van der Waals surface area (Å²) in [5.74, 6) is -1.03. The number of hydrogen-bond donors (Lipinski definition) is 1. The molecule has 0 aliphatic heterocycles. The molecule has 4 nitrogen and oxygen atoms in total. The van der Waals surface area contributed by atoms with Crippen molar-refractivity contribution in [3.8, 4) is 0 Å². The SMILES string of the molecule is CC(C)CCCCCOC(=O)/C=C/C(=O)O. The van der Waals surface area contributed by atoms with E-state index in [0.717, 1.165) is 31.4 Å². The minimum Gasteiger partial charge on any atom is -0.478 e. The van der Waals surface area contributed by atoms with Gasteiger partial charge in [-0.2, -0.15) is 0 Å². The van der Waals surface area contributed by atoms with Crippen molar-refractivity contribution in [3.05, 3.63) is 12.2 Å². The third-order valence-corrected chi connectivity index (χ3v) is 2.03. The molecule has 0 spiro atoms. The Balaban J connectivity index is 3.38. The number of esters is 1. The molecule has 0 amide bonds. The fraction of sp³-hybridized carbons (Fsp3) is 0.667. The van der Waals surface area contributed by atoms with Crippen LogP contribution in [0.4, 0.5) is 0 Å². The second-order valence-corrected chi connectivity index (χ2v) is 4.08. The summed E-state index contributed by atoms with van der Waals surface area (Å²) in [6.07, 6.45) is 5.90. The average Bonchev–Trinajstić information content (AvgIpc) is 2.19. The molecule has 16 heavy (non-hydrogen) atoms. The fourth-order valence-corrected chi connectivity index (χ4v) is 1.19. The van der Waals surface area contributed by atoms with Gasteiger partial charge in [0.05, 0.1) is 6.61 Å². The first-order valence-corrected chi connectivity index (χ1v) is 5.60. The number of hydrogen-bond acceptors (Lipinski definition) is 3. The molecule has 0 heterocycles. The van der Waals surface area contributed by atoms with Crippen molar-refractivity contribution < 1.29 is 19.4 Å². The molecule has 0 radical (unpaired) electrons. The maximum Gasteiger partial charge on any atom is 0.331 e. The maximum absolute atomic E-state index is 10.9. The Hall–Kier alpha value is -1.32. The summed E-state index contributed by atoms with van der Waals surface area (Å²) in [5, 5.41) is 8.26. The van der Waals surface area contributed by atoms with E-state index in [1.54, 1.807) is 0 Å². The predicted molar refractivity (Wildman–Crippen MR) is 61.0 cm³/mol. The molecule has 0 fully saturated rings. The number of carboxylic acids is 1. The van der Waals surface area contributed by atoms with Crippen molar-refractivity contribution in [2.75, 3.05) is 6.61 Å². The van der Waals surface area contributed by atoms with Crippen LogP contribution in [0.3, 0.4) is 0 Å². The first-order valence-electron chi connectivity index (χ1n) is 5.60. The molecule has 92 valence electrons. The van der Waals surface area contributed by atoms with Gasteiger partial charge < -0.3 is 9.84 Å². The van der Waals surface area contributed by atoms with Gasteiger partial charge in [0.25, 0.3) is 0 Å². The van der Waals surface area contributed by atoms with Crippen LogP contribution in [0.25, 0.3) is 0 Å². The normalized spacial score (nSPS) is 10.9. The Morgan fingerprint density at radius 2 is 1.88 bits per heavy atom. The number of carbonyl (C=O) groups is 2. The van der Waals surface area contributed by atoms with Gasteiger partial charge in [0.2, 0.25) is 0 Å². The molecule has 0 aromatic carbocycles. The van der Waals surface area contributed by atoms with Crippen molar-refractivity contribution >= 4 is 11.9 Å². The van der Waals surface area contributed by atoms with E-state index in [-0.39, 0.29) is 0 Å². The van der Waals surface area contributed by atoms with Crippen molar-refractivity contribution in [3.63, 3.8) is 0 Å². The van der Waals surface area contributed by atoms with Crippen LogP contribution in [-0.2, 0) is 14.3 Å². The first kappa shape index (κ1) is 14.7. The molecule has 0 saturated heterocycles. The minimum atomic E-state index is -1.14. The quantitative estimate of drug-likeness (QED) is 0.393. The topological polar surface area (TPSA) is 63.6 Å². The number of aliphatic carboxylic acids is 1. The number of ether oxygens (including phenoxy) is 1. The van der Waals surface area contributed by atoms with Crippen molar-refractivity contribution in [1.29, 1.82) is 0 Å². The highest BCUT2D eigenvalue weighted by Gasteiger charge is 1.98. The number of rotatable bonds is 8. The highest BCUT2D eigenvalue weighted by atomic mass is 16.5. The Labute approximate surface area is 96.3 Å². The van der Waals surface area contributed by atoms with Gasteiger partial charge in [-0.1, -0.05) is 33.1 Å². The van der Waals surface area contributed by atoms with Crippen molar-refractivity contribution in [2.24, 2.45) is 5.92 Å². The number of unbranched alkanes of at least 4 members (excludes halogenated alkanes) is 2. The molecule has 0 aliphatic rings.